The van der Waals surface area contributed by atoms with E-state index in [2.05, 4.69) is 70.7 Å². The van der Waals surface area contributed by atoms with Crippen molar-refractivity contribution >= 4 is 23.4 Å². The zero-order valence-electron chi connectivity index (χ0n) is 31.2. The third-order valence-corrected chi connectivity index (χ3v) is 9.05. The molecule has 2 rings (SSSR count). The molecule has 0 aromatic carbocycles. The van der Waals surface area contributed by atoms with Crippen molar-refractivity contribution in [2.45, 2.75) is 119 Å². The lowest BCUT2D eigenvalue weighted by Crippen LogP contribution is -2.55. The van der Waals surface area contributed by atoms with Crippen molar-refractivity contribution in [1.29, 1.82) is 0 Å². The van der Waals surface area contributed by atoms with Gasteiger partial charge in [-0.15, -0.1) is 0 Å². The molecule has 1 saturated carbocycles. The van der Waals surface area contributed by atoms with Crippen LogP contribution in [0, 0.1) is 16.7 Å². The quantitative estimate of drug-likeness (QED) is 0.0289. The van der Waals surface area contributed by atoms with E-state index in [9.17, 15) is 9.59 Å². The van der Waals surface area contributed by atoms with E-state index in [0.717, 1.165) is 24.8 Å². The lowest BCUT2D eigenvalue weighted by Gasteiger charge is -2.48. The second kappa shape index (κ2) is 17.6. The predicted molar refractivity (Wildman–Crippen MR) is 199 cm³/mol. The molecule has 1 fully saturated rings. The highest BCUT2D eigenvalue weighted by Crippen LogP contribution is 2.49. The fourth-order valence-corrected chi connectivity index (χ4v) is 6.17. The molecule has 1 heterocycles. The second-order valence-electron chi connectivity index (χ2n) is 15.4. The van der Waals surface area contributed by atoms with Gasteiger partial charge in [-0.2, -0.15) is 5.10 Å². The van der Waals surface area contributed by atoms with Gasteiger partial charge in [0.2, 0.25) is 0 Å². The topological polar surface area (TPSA) is 147 Å². The van der Waals surface area contributed by atoms with Gasteiger partial charge in [0.25, 0.3) is 11.8 Å². The molecular weight excluding hydrogens is 621 g/mol. The third-order valence-electron chi connectivity index (χ3n) is 9.05. The number of nitrogens with two attached hydrogens (primary N) is 2. The third kappa shape index (κ3) is 11.8. The molecule has 0 aromatic heterocycles. The second-order valence-corrected chi connectivity index (χ2v) is 15.4. The number of halogens is 1. The van der Waals surface area contributed by atoms with Gasteiger partial charge in [0, 0.05) is 11.1 Å². The number of nitrogens with zero attached hydrogens (tertiary/aromatic N) is 3. The number of amidine groups is 1. The molecule has 6 N–H and O–H groups in total. The number of hydrazone groups is 1. The summed E-state index contributed by atoms with van der Waals surface area (Å²) in [7, 11) is 0. The van der Waals surface area contributed by atoms with Crippen LogP contribution in [0.5, 0.6) is 0 Å². The van der Waals surface area contributed by atoms with E-state index in [-0.39, 0.29) is 52.1 Å². The van der Waals surface area contributed by atoms with Gasteiger partial charge in [-0.25, -0.2) is 15.8 Å². The number of hydrazine groups is 1. The van der Waals surface area contributed by atoms with E-state index in [0.29, 0.717) is 25.2 Å². The van der Waals surface area contributed by atoms with Crippen molar-refractivity contribution < 1.29 is 18.7 Å². The number of hydrogen-bond acceptors (Lipinski definition) is 7. The van der Waals surface area contributed by atoms with E-state index >= 15 is 4.39 Å². The number of amides is 2. The molecule has 272 valence electrons. The highest BCUT2D eigenvalue weighted by Gasteiger charge is 2.53. The van der Waals surface area contributed by atoms with Gasteiger partial charge < -0.3 is 20.7 Å². The van der Waals surface area contributed by atoms with Crippen LogP contribution in [0.3, 0.4) is 0 Å². The first-order chi connectivity index (χ1) is 22.8. The Balaban J connectivity index is 2.58. The van der Waals surface area contributed by atoms with Crippen LogP contribution in [0.1, 0.15) is 101 Å². The first-order valence-corrected chi connectivity index (χ1v) is 17.2. The van der Waals surface area contributed by atoms with Crippen LogP contribution in [-0.2, 0) is 14.3 Å². The van der Waals surface area contributed by atoms with Crippen LogP contribution in [0.4, 0.5) is 4.39 Å². The zero-order valence-corrected chi connectivity index (χ0v) is 31.2. The summed E-state index contributed by atoms with van der Waals surface area (Å²) in [6.45, 7) is 26.8. The highest BCUT2D eigenvalue weighted by molar-refractivity contribution is 6.47. The monoisotopic (exact) mass is 681 g/mol. The van der Waals surface area contributed by atoms with Crippen LogP contribution < -0.4 is 22.4 Å². The average molecular weight is 682 g/mol. The number of carbonyl (C=O) groups excluding carboxylic acids is 2. The summed E-state index contributed by atoms with van der Waals surface area (Å²) in [5.74, 6) is 4.28. The first kappa shape index (κ1) is 41.2. The van der Waals surface area contributed by atoms with Gasteiger partial charge in [-0.3, -0.25) is 14.6 Å². The molecule has 2 amide bonds. The molecule has 0 bridgehead atoms. The number of allylic oxidation sites excluding steroid dienone is 4. The Morgan fingerprint density at radius 3 is 2.35 bits per heavy atom. The molecule has 1 aliphatic heterocycles. The molecule has 2 aliphatic rings. The van der Waals surface area contributed by atoms with Gasteiger partial charge in [-0.1, -0.05) is 66.9 Å². The van der Waals surface area contributed by atoms with Crippen molar-refractivity contribution in [1.82, 2.24) is 15.8 Å². The number of nitrogens with one attached hydrogen (secondary N) is 2. The maximum atomic E-state index is 15.5. The minimum atomic E-state index is -0.860. The molecule has 0 saturated heterocycles. The molecule has 1 atom stereocenters. The Hall–Kier alpha value is -3.99. The Morgan fingerprint density at radius 2 is 1.82 bits per heavy atom. The Labute approximate surface area is 293 Å². The van der Waals surface area contributed by atoms with E-state index in [4.69, 9.17) is 21.3 Å². The molecule has 0 aromatic rings. The van der Waals surface area contributed by atoms with Crippen LogP contribution in [0.2, 0.25) is 0 Å². The van der Waals surface area contributed by atoms with Crippen LogP contribution in [-0.4, -0.2) is 52.6 Å². The lowest BCUT2D eigenvalue weighted by molar-refractivity contribution is -0.132. The summed E-state index contributed by atoms with van der Waals surface area (Å²) in [6.07, 6.45) is 13.9. The summed E-state index contributed by atoms with van der Waals surface area (Å²) < 4.78 is 20.9. The zero-order chi connectivity index (χ0) is 37.2. The molecule has 10 nitrogen and oxygen atoms in total. The summed E-state index contributed by atoms with van der Waals surface area (Å²) in [5.41, 5.74) is 8.01. The van der Waals surface area contributed by atoms with Gasteiger partial charge in [0.05, 0.1) is 25.0 Å². The Kier molecular flexibility index (Phi) is 14.8. The molecule has 0 radical (unpaired) electrons. The summed E-state index contributed by atoms with van der Waals surface area (Å²) in [5, 5.41) is 6.29. The number of carbonyl (C=O) groups is 2. The maximum Gasteiger partial charge on any atom is 0.275 e. The molecule has 49 heavy (non-hydrogen) atoms. The normalized spacial score (nSPS) is 21.9. The average Bonchev–Trinajstić information content (AvgIpc) is 3.28. The van der Waals surface area contributed by atoms with Gasteiger partial charge in [0.15, 0.2) is 0 Å². The Morgan fingerprint density at radius 1 is 1.18 bits per heavy atom. The van der Waals surface area contributed by atoms with Crippen LogP contribution in [0.25, 0.3) is 0 Å². The maximum absolute atomic E-state index is 15.5. The van der Waals surface area contributed by atoms with E-state index in [1.807, 2.05) is 37.8 Å². The molecule has 1 spiro atoms. The molecule has 1 aliphatic carbocycles. The van der Waals surface area contributed by atoms with Crippen molar-refractivity contribution in [3.8, 4) is 0 Å². The summed E-state index contributed by atoms with van der Waals surface area (Å²) >= 11 is 0. The van der Waals surface area contributed by atoms with Crippen molar-refractivity contribution in [3.05, 3.63) is 72.3 Å². The largest absolute Gasteiger partial charge is 0.499 e. The molecule has 1 unspecified atom stereocenters. The minimum Gasteiger partial charge on any atom is -0.499 e. The van der Waals surface area contributed by atoms with Crippen molar-refractivity contribution in [2.75, 3.05) is 6.54 Å². The fraction of sp³-hybridized carbons (Fsp3) is 0.579. The van der Waals surface area contributed by atoms with Gasteiger partial charge in [0.1, 0.15) is 23.0 Å². The molecular formula is C38H60FN7O3. The summed E-state index contributed by atoms with van der Waals surface area (Å²) in [6, 6.07) is -0.408. The highest BCUT2D eigenvalue weighted by atomic mass is 19.1. The Bertz CT molecular complexity index is 1400. The van der Waals surface area contributed by atoms with Crippen LogP contribution in [0.15, 0.2) is 82.4 Å². The smallest absolute Gasteiger partial charge is 0.275 e. The fourth-order valence-electron chi connectivity index (χ4n) is 6.17. The SMILES string of the molecule is C=C(/C=C\C(=C/C)C(CCC(C)(C)C)N1C(=O)C(C(=C)/C(F)=C\C=C\OC(C)C)=NC12CCC(C(C)(C)C)CC2)C(=O)NC/C(N)=N/NN. The van der Waals surface area contributed by atoms with Gasteiger partial charge in [-0.05, 0) is 99.8 Å². The number of rotatable bonds is 15. The van der Waals surface area contributed by atoms with Crippen molar-refractivity contribution in [2.24, 2.45) is 38.4 Å². The standard InChI is InChI=1S/C38H60FN7O3/c1-12-28(16-15-26(4)34(47)42-24-32(40)44-45-41)31(19-20-36(6,7)8)46-35(48)33(27(5)30(39)14-13-23-49-25(2)3)43-38(46)21-17-29(18-22-38)37(9,10)11/h12-16,23,25,29,31,45H,4-5,17-22,24,41H2,1-3,6-11H3,(H2,40,44)(H,42,47)/b16-15-,23-13+,28-12+,30-14+. The summed E-state index contributed by atoms with van der Waals surface area (Å²) in [4.78, 5) is 34.3. The number of hydrogen-bond donors (Lipinski definition) is 4. The van der Waals surface area contributed by atoms with E-state index in [1.165, 1.54) is 18.4 Å². The minimum absolute atomic E-state index is 0.0174. The van der Waals surface area contributed by atoms with E-state index in [1.54, 1.807) is 6.08 Å². The van der Waals surface area contributed by atoms with Crippen LogP contribution >= 0.6 is 0 Å². The van der Waals surface area contributed by atoms with Gasteiger partial charge >= 0.3 is 0 Å². The number of ether oxygens (including phenoxy) is 1. The first-order valence-electron chi connectivity index (χ1n) is 17.2. The number of aliphatic imine (C=N–C) groups is 1. The molecule has 11 heteroatoms. The van der Waals surface area contributed by atoms with Crippen molar-refractivity contribution in [3.63, 3.8) is 0 Å². The predicted octanol–water partition coefficient (Wildman–Crippen LogP) is 6.66. The van der Waals surface area contributed by atoms with E-state index < -0.39 is 23.4 Å². The lowest BCUT2D eigenvalue weighted by atomic mass is 9.69.